The van der Waals surface area contributed by atoms with E-state index in [1.165, 1.54) is 52.1 Å². The number of hydrogen-bond donors (Lipinski definition) is 1. The van der Waals surface area contributed by atoms with E-state index in [1.54, 1.807) is 12.1 Å². The van der Waals surface area contributed by atoms with Gasteiger partial charge in [0.2, 0.25) is 0 Å². The highest BCUT2D eigenvalue weighted by Crippen LogP contribution is 2.23. The van der Waals surface area contributed by atoms with Crippen molar-refractivity contribution in [2.75, 3.05) is 7.11 Å². The van der Waals surface area contributed by atoms with Crippen molar-refractivity contribution in [2.24, 2.45) is 0 Å². The zero-order valence-corrected chi connectivity index (χ0v) is 14.9. The summed E-state index contributed by atoms with van der Waals surface area (Å²) in [5.41, 5.74) is 1.51. The van der Waals surface area contributed by atoms with Crippen LogP contribution >= 0.6 is 0 Å². The van der Waals surface area contributed by atoms with E-state index in [2.05, 4.69) is 5.32 Å². The van der Waals surface area contributed by atoms with Crippen LogP contribution in [0.2, 0.25) is 0 Å². The molecule has 4 heteroatoms. The lowest BCUT2D eigenvalue weighted by molar-refractivity contribution is 0.0600. The Hall–Kier alpha value is -2.07. The van der Waals surface area contributed by atoms with Crippen LogP contribution in [0.3, 0.4) is 0 Å². The predicted molar refractivity (Wildman–Crippen MR) is 98.4 cm³/mol. The number of nitrogens with one attached hydrogen (secondary N) is 1. The van der Waals surface area contributed by atoms with Crippen molar-refractivity contribution >= 4 is 5.97 Å². The summed E-state index contributed by atoms with van der Waals surface area (Å²) in [4.78, 5) is 11.5. The Bertz CT molecular complexity index is 667. The van der Waals surface area contributed by atoms with E-state index in [9.17, 15) is 4.79 Å². The van der Waals surface area contributed by atoms with Gasteiger partial charge in [0.1, 0.15) is 11.5 Å². The molecular weight excluding hydrogens is 314 g/mol. The third-order valence-electron chi connectivity index (χ3n) is 4.92. The summed E-state index contributed by atoms with van der Waals surface area (Å²) in [7, 11) is 1.39. The quantitative estimate of drug-likeness (QED) is 0.783. The highest BCUT2D eigenvalue weighted by Gasteiger charge is 2.12. The molecule has 0 bridgehead atoms. The van der Waals surface area contributed by atoms with Gasteiger partial charge in [0.25, 0.3) is 0 Å². The minimum Gasteiger partial charge on any atom is -0.465 e. The minimum atomic E-state index is -0.324. The lowest BCUT2D eigenvalue weighted by atomic mass is 9.97. The summed E-state index contributed by atoms with van der Waals surface area (Å²) in [5, 5.41) is 3.65. The second-order valence-electron chi connectivity index (χ2n) is 6.76. The maximum atomic E-state index is 11.5. The highest BCUT2D eigenvalue weighted by molar-refractivity contribution is 5.89. The van der Waals surface area contributed by atoms with Crippen LogP contribution in [-0.4, -0.2) is 19.1 Å². The van der Waals surface area contributed by atoms with Gasteiger partial charge in [-0.1, -0.05) is 44.2 Å². The number of esters is 1. The first-order valence-electron chi connectivity index (χ1n) is 9.27. The van der Waals surface area contributed by atoms with E-state index in [0.29, 0.717) is 11.6 Å². The van der Waals surface area contributed by atoms with Crippen LogP contribution in [0.15, 0.2) is 40.8 Å². The van der Waals surface area contributed by atoms with Crippen molar-refractivity contribution in [2.45, 2.75) is 57.5 Å². The highest BCUT2D eigenvalue weighted by atomic mass is 16.5. The molecule has 134 valence electrons. The van der Waals surface area contributed by atoms with Crippen molar-refractivity contribution in [3.63, 3.8) is 0 Å². The number of benzene rings is 1. The first-order valence-corrected chi connectivity index (χ1v) is 9.27. The fraction of sp³-hybridized carbons (Fsp3) is 0.476. The molecule has 0 saturated heterocycles. The third kappa shape index (κ3) is 4.95. The van der Waals surface area contributed by atoms with Crippen LogP contribution in [0.4, 0.5) is 0 Å². The Labute approximate surface area is 149 Å². The van der Waals surface area contributed by atoms with Gasteiger partial charge in [-0.15, -0.1) is 0 Å². The van der Waals surface area contributed by atoms with Gasteiger partial charge in [0, 0.05) is 11.6 Å². The molecule has 1 heterocycles. The number of hydrogen-bond acceptors (Lipinski definition) is 4. The van der Waals surface area contributed by atoms with Gasteiger partial charge in [-0.25, -0.2) is 4.79 Å². The number of rotatable bonds is 5. The smallest absolute Gasteiger partial charge is 0.337 e. The minimum absolute atomic E-state index is 0.324. The summed E-state index contributed by atoms with van der Waals surface area (Å²) in [6.45, 7) is 0.769. The molecule has 0 aliphatic heterocycles. The molecule has 1 aromatic heterocycles. The Morgan fingerprint density at radius 3 is 2.40 bits per heavy atom. The number of furan rings is 1. The largest absolute Gasteiger partial charge is 0.465 e. The SMILES string of the molecule is COC(=O)c1ccc(-c2ccc(CNC3CCCCCCC3)o2)cc1. The first kappa shape index (κ1) is 17.7. The van der Waals surface area contributed by atoms with E-state index in [0.717, 1.165) is 23.6 Å². The van der Waals surface area contributed by atoms with Gasteiger partial charge < -0.3 is 14.5 Å². The Balaban J connectivity index is 1.57. The average molecular weight is 341 g/mol. The molecular formula is C21H27NO3. The molecule has 1 aliphatic rings. The van der Waals surface area contributed by atoms with Crippen LogP contribution < -0.4 is 5.32 Å². The van der Waals surface area contributed by atoms with Gasteiger partial charge in [0.05, 0.1) is 19.2 Å². The molecule has 1 N–H and O–H groups in total. The van der Waals surface area contributed by atoms with Gasteiger partial charge in [-0.3, -0.25) is 0 Å². The lowest BCUT2D eigenvalue weighted by Crippen LogP contribution is -2.29. The Morgan fingerprint density at radius 2 is 1.72 bits per heavy atom. The molecule has 1 saturated carbocycles. The molecule has 0 spiro atoms. The van der Waals surface area contributed by atoms with Crippen LogP contribution in [0, 0.1) is 0 Å². The van der Waals surface area contributed by atoms with Crippen molar-refractivity contribution in [1.29, 1.82) is 0 Å². The summed E-state index contributed by atoms with van der Waals surface area (Å²) < 4.78 is 10.7. The molecule has 2 aromatic rings. The summed E-state index contributed by atoms with van der Waals surface area (Å²) in [6, 6.07) is 11.9. The zero-order chi connectivity index (χ0) is 17.5. The fourth-order valence-electron chi connectivity index (χ4n) is 3.42. The van der Waals surface area contributed by atoms with Crippen molar-refractivity contribution < 1.29 is 13.9 Å². The number of methoxy groups -OCH3 is 1. The predicted octanol–water partition coefficient (Wildman–Crippen LogP) is 4.94. The molecule has 25 heavy (non-hydrogen) atoms. The maximum Gasteiger partial charge on any atom is 0.337 e. The normalized spacial score (nSPS) is 16.2. The second-order valence-corrected chi connectivity index (χ2v) is 6.76. The van der Waals surface area contributed by atoms with E-state index in [4.69, 9.17) is 9.15 Å². The summed E-state index contributed by atoms with van der Waals surface area (Å²) in [6.07, 6.45) is 9.31. The maximum absolute atomic E-state index is 11.5. The van der Waals surface area contributed by atoms with Crippen molar-refractivity contribution in [1.82, 2.24) is 5.32 Å². The summed E-state index contributed by atoms with van der Waals surface area (Å²) in [5.74, 6) is 1.45. The number of ether oxygens (including phenoxy) is 1. The van der Waals surface area contributed by atoms with Gasteiger partial charge >= 0.3 is 5.97 Å². The van der Waals surface area contributed by atoms with Crippen LogP contribution in [0.25, 0.3) is 11.3 Å². The molecule has 1 aromatic carbocycles. The Morgan fingerprint density at radius 1 is 1.04 bits per heavy atom. The fourth-order valence-corrected chi connectivity index (χ4v) is 3.42. The monoisotopic (exact) mass is 341 g/mol. The van der Waals surface area contributed by atoms with E-state index in [-0.39, 0.29) is 5.97 Å². The zero-order valence-electron chi connectivity index (χ0n) is 14.9. The van der Waals surface area contributed by atoms with Gasteiger partial charge in [-0.05, 0) is 37.1 Å². The van der Waals surface area contributed by atoms with Gasteiger partial charge in [-0.2, -0.15) is 0 Å². The molecule has 1 fully saturated rings. The van der Waals surface area contributed by atoms with E-state index < -0.39 is 0 Å². The topological polar surface area (TPSA) is 51.5 Å². The molecule has 3 rings (SSSR count). The van der Waals surface area contributed by atoms with Crippen molar-refractivity contribution in [3.05, 3.63) is 47.7 Å². The molecule has 0 amide bonds. The Kier molecular flexibility index (Phi) is 6.29. The molecule has 1 aliphatic carbocycles. The standard InChI is InChI=1S/C21H27NO3/c1-24-21(23)17-11-9-16(10-12-17)20-14-13-19(25-20)15-22-18-7-5-3-2-4-6-8-18/h9-14,18,22H,2-8,15H2,1H3. The van der Waals surface area contributed by atoms with Crippen LogP contribution in [0.5, 0.6) is 0 Å². The number of carbonyl (C=O) groups excluding carboxylic acids is 1. The van der Waals surface area contributed by atoms with Crippen LogP contribution in [-0.2, 0) is 11.3 Å². The first-order chi connectivity index (χ1) is 12.3. The molecule has 4 nitrogen and oxygen atoms in total. The molecule has 0 unspecified atom stereocenters. The lowest BCUT2D eigenvalue weighted by Gasteiger charge is -2.20. The van der Waals surface area contributed by atoms with E-state index >= 15 is 0 Å². The van der Waals surface area contributed by atoms with E-state index in [1.807, 2.05) is 24.3 Å². The average Bonchev–Trinajstić information content (AvgIpc) is 3.09. The number of carbonyl (C=O) groups is 1. The molecule has 0 radical (unpaired) electrons. The molecule has 0 atom stereocenters. The third-order valence-corrected chi connectivity index (χ3v) is 4.92. The second kappa shape index (κ2) is 8.86. The summed E-state index contributed by atoms with van der Waals surface area (Å²) >= 11 is 0. The van der Waals surface area contributed by atoms with Crippen molar-refractivity contribution in [3.8, 4) is 11.3 Å². The van der Waals surface area contributed by atoms with Gasteiger partial charge in [0.15, 0.2) is 0 Å². The van der Waals surface area contributed by atoms with Crippen LogP contribution in [0.1, 0.15) is 61.1 Å².